The summed E-state index contributed by atoms with van der Waals surface area (Å²) in [7, 11) is 4.11. The minimum atomic E-state index is -0.168. The molecule has 1 N–H and O–H groups in total. The zero-order valence-electron chi connectivity index (χ0n) is 17.8. The molecule has 8 heteroatoms. The Morgan fingerprint density at radius 3 is 2.59 bits per heavy atom. The zero-order chi connectivity index (χ0) is 22.2. The summed E-state index contributed by atoms with van der Waals surface area (Å²) in [5.74, 6) is 0.693. The molecule has 6 nitrogen and oxygen atoms in total. The monoisotopic (exact) mass is 463 g/mol. The maximum Gasteiger partial charge on any atom is 0.283 e. The maximum atomic E-state index is 13.6. The fraction of sp³-hybridized carbons (Fsp3) is 0.208. The van der Waals surface area contributed by atoms with E-state index in [9.17, 15) is 4.79 Å². The van der Waals surface area contributed by atoms with Crippen molar-refractivity contribution in [3.63, 3.8) is 0 Å². The Morgan fingerprint density at radius 2 is 1.84 bits per heavy atom. The Morgan fingerprint density at radius 1 is 1.09 bits per heavy atom. The van der Waals surface area contributed by atoms with E-state index < -0.39 is 0 Å². The lowest BCUT2D eigenvalue weighted by Gasteiger charge is -2.13. The molecule has 0 amide bonds. The third-order valence-electron chi connectivity index (χ3n) is 5.44. The molecule has 0 aliphatic rings. The van der Waals surface area contributed by atoms with E-state index in [-0.39, 0.29) is 5.56 Å². The van der Waals surface area contributed by atoms with Gasteiger partial charge < -0.3 is 10.2 Å². The topological polar surface area (TPSA) is 62.5 Å². The Labute approximate surface area is 194 Å². The average molecular weight is 464 g/mol. The number of rotatable bonds is 6. The van der Waals surface area contributed by atoms with Gasteiger partial charge in [-0.25, -0.2) is 4.98 Å². The number of thiophene rings is 1. The molecule has 3 heterocycles. The highest BCUT2D eigenvalue weighted by molar-refractivity contribution is 7.17. The molecule has 2 aromatic carbocycles. The van der Waals surface area contributed by atoms with E-state index in [2.05, 4.69) is 24.3 Å². The van der Waals surface area contributed by atoms with E-state index in [1.165, 1.54) is 15.9 Å². The Bertz CT molecular complexity index is 1490. The normalized spacial score (nSPS) is 11.8. The molecular weight excluding hydrogens is 442 g/mol. The van der Waals surface area contributed by atoms with Crippen LogP contribution in [-0.2, 0) is 0 Å². The summed E-state index contributed by atoms with van der Waals surface area (Å²) in [4.78, 5) is 21.3. The summed E-state index contributed by atoms with van der Waals surface area (Å²) < 4.78 is 1.44. The van der Waals surface area contributed by atoms with Crippen LogP contribution < -0.4 is 10.9 Å². The van der Waals surface area contributed by atoms with E-state index in [1.54, 1.807) is 0 Å². The van der Waals surface area contributed by atoms with Crippen molar-refractivity contribution in [3.05, 3.63) is 69.3 Å². The van der Waals surface area contributed by atoms with Crippen LogP contribution in [0.1, 0.15) is 6.42 Å². The molecule has 0 radical (unpaired) electrons. The summed E-state index contributed by atoms with van der Waals surface area (Å²) in [6.45, 7) is 1.74. The Kier molecular flexibility index (Phi) is 5.55. The van der Waals surface area contributed by atoms with Crippen LogP contribution in [0, 0.1) is 0 Å². The summed E-state index contributed by atoms with van der Waals surface area (Å²) in [5.41, 5.74) is 2.19. The van der Waals surface area contributed by atoms with Crippen LogP contribution in [0.2, 0.25) is 5.02 Å². The lowest BCUT2D eigenvalue weighted by Crippen LogP contribution is -2.21. The predicted octanol–water partition coefficient (Wildman–Crippen LogP) is 5.14. The molecule has 0 aliphatic heterocycles. The van der Waals surface area contributed by atoms with Gasteiger partial charge in [0.25, 0.3) is 5.56 Å². The quantitative estimate of drug-likeness (QED) is 0.279. The van der Waals surface area contributed by atoms with E-state index in [4.69, 9.17) is 21.7 Å². The molecule has 0 fully saturated rings. The summed E-state index contributed by atoms with van der Waals surface area (Å²) in [6, 6.07) is 15.4. The molecule has 32 heavy (non-hydrogen) atoms. The molecule has 0 spiro atoms. The summed E-state index contributed by atoms with van der Waals surface area (Å²) in [6.07, 6.45) is 0.971. The summed E-state index contributed by atoms with van der Waals surface area (Å²) in [5, 5.41) is 13.2. The minimum Gasteiger partial charge on any atom is -0.368 e. The van der Waals surface area contributed by atoms with Gasteiger partial charge in [0, 0.05) is 33.3 Å². The van der Waals surface area contributed by atoms with Gasteiger partial charge >= 0.3 is 0 Å². The molecule has 0 atom stereocenters. The van der Waals surface area contributed by atoms with Crippen LogP contribution in [0.3, 0.4) is 0 Å². The van der Waals surface area contributed by atoms with E-state index in [1.807, 2.05) is 53.9 Å². The fourth-order valence-corrected chi connectivity index (χ4v) is 4.93. The van der Waals surface area contributed by atoms with Crippen molar-refractivity contribution in [2.45, 2.75) is 6.42 Å². The minimum absolute atomic E-state index is 0.168. The van der Waals surface area contributed by atoms with Gasteiger partial charge in [-0.3, -0.25) is 4.79 Å². The number of anilines is 1. The smallest absolute Gasteiger partial charge is 0.283 e. The van der Waals surface area contributed by atoms with Crippen molar-refractivity contribution in [1.82, 2.24) is 19.5 Å². The van der Waals surface area contributed by atoms with E-state index in [0.717, 1.165) is 41.4 Å². The molecular formula is C24H22ClN5OS. The number of nitrogens with zero attached hydrogens (tertiary/aromatic N) is 4. The van der Waals surface area contributed by atoms with Crippen LogP contribution in [0.25, 0.3) is 37.8 Å². The first kappa shape index (κ1) is 20.9. The van der Waals surface area contributed by atoms with Crippen LogP contribution in [0.4, 0.5) is 5.82 Å². The Hall–Kier alpha value is -3.00. The lowest BCUT2D eigenvalue weighted by atomic mass is 10.1. The third kappa shape index (κ3) is 3.72. The predicted molar refractivity (Wildman–Crippen MR) is 134 cm³/mol. The van der Waals surface area contributed by atoms with Crippen LogP contribution in [0.5, 0.6) is 0 Å². The number of aromatic nitrogens is 3. The summed E-state index contributed by atoms with van der Waals surface area (Å²) >= 11 is 7.52. The van der Waals surface area contributed by atoms with Crippen LogP contribution >= 0.6 is 22.9 Å². The first-order chi connectivity index (χ1) is 15.5. The van der Waals surface area contributed by atoms with Gasteiger partial charge in [0.2, 0.25) is 0 Å². The van der Waals surface area contributed by atoms with Crippen molar-refractivity contribution in [3.8, 4) is 11.1 Å². The highest BCUT2D eigenvalue weighted by Crippen LogP contribution is 2.33. The first-order valence-corrected chi connectivity index (χ1v) is 11.7. The number of fused-ring (bicyclic) bond motifs is 4. The van der Waals surface area contributed by atoms with Crippen molar-refractivity contribution >= 4 is 55.4 Å². The number of halogens is 1. The second-order valence-corrected chi connectivity index (χ2v) is 9.26. The lowest BCUT2D eigenvalue weighted by molar-refractivity contribution is 0.405. The molecule has 0 bridgehead atoms. The fourth-order valence-electron chi connectivity index (χ4n) is 3.86. The van der Waals surface area contributed by atoms with Crippen molar-refractivity contribution in [1.29, 1.82) is 0 Å². The maximum absolute atomic E-state index is 13.6. The number of nitrogens with one attached hydrogen (secondary N) is 1. The van der Waals surface area contributed by atoms with Gasteiger partial charge in [-0.05, 0) is 44.8 Å². The number of hydrogen-bond donors (Lipinski definition) is 1. The van der Waals surface area contributed by atoms with Crippen LogP contribution in [0.15, 0.2) is 58.7 Å². The molecule has 3 aromatic heterocycles. The van der Waals surface area contributed by atoms with Gasteiger partial charge in [-0.15, -0.1) is 16.4 Å². The molecule has 0 aliphatic carbocycles. The molecule has 0 unspecified atom stereocenters. The third-order valence-corrected chi connectivity index (χ3v) is 6.56. The van der Waals surface area contributed by atoms with E-state index >= 15 is 0 Å². The number of benzene rings is 2. The largest absolute Gasteiger partial charge is 0.368 e. The van der Waals surface area contributed by atoms with Gasteiger partial charge in [-0.1, -0.05) is 48.0 Å². The molecule has 162 valence electrons. The van der Waals surface area contributed by atoms with Gasteiger partial charge in [0.1, 0.15) is 4.83 Å². The van der Waals surface area contributed by atoms with E-state index in [0.29, 0.717) is 26.7 Å². The number of hydrogen-bond acceptors (Lipinski definition) is 6. The SMILES string of the molecule is CN(C)CCCNc1nn2c(=O)c3c(-c4ccc(Cl)cc4)csc3nc2c2ccccc12. The van der Waals surface area contributed by atoms with Crippen molar-refractivity contribution in [2.75, 3.05) is 32.5 Å². The van der Waals surface area contributed by atoms with Gasteiger partial charge in [0.05, 0.1) is 5.39 Å². The standard InChI is InChI=1S/C24H22ClN5OS/c1-29(2)13-5-12-26-21-17-6-3-4-7-18(17)22-27-23-20(24(31)30(22)28-21)19(14-32-23)15-8-10-16(25)11-9-15/h3-4,6-11,14H,5,12-13H2,1-2H3,(H,26,28). The first-order valence-electron chi connectivity index (χ1n) is 10.4. The second kappa shape index (κ2) is 8.50. The second-order valence-electron chi connectivity index (χ2n) is 7.97. The van der Waals surface area contributed by atoms with Gasteiger partial charge in [0.15, 0.2) is 11.5 Å². The molecule has 5 aromatic rings. The van der Waals surface area contributed by atoms with Crippen molar-refractivity contribution < 1.29 is 0 Å². The highest BCUT2D eigenvalue weighted by Gasteiger charge is 2.17. The molecule has 0 saturated heterocycles. The van der Waals surface area contributed by atoms with Gasteiger partial charge in [-0.2, -0.15) is 4.52 Å². The molecule has 5 rings (SSSR count). The average Bonchev–Trinajstić information content (AvgIpc) is 3.22. The van der Waals surface area contributed by atoms with Crippen LogP contribution in [-0.4, -0.2) is 46.7 Å². The highest BCUT2D eigenvalue weighted by atomic mass is 35.5. The van der Waals surface area contributed by atoms with Crippen molar-refractivity contribution in [2.24, 2.45) is 0 Å². The zero-order valence-corrected chi connectivity index (χ0v) is 19.4. The Balaban J connectivity index is 1.70. The molecule has 0 saturated carbocycles.